The molecule has 182 valence electrons. The fourth-order valence-electron chi connectivity index (χ4n) is 5.72. The maximum atomic E-state index is 13.3. The molecule has 0 aliphatic heterocycles. The lowest BCUT2D eigenvalue weighted by molar-refractivity contribution is -0.0931. The van der Waals surface area contributed by atoms with E-state index in [2.05, 4.69) is 55.0 Å². The minimum Gasteiger partial charge on any atom is -0.359 e. The van der Waals surface area contributed by atoms with Crippen molar-refractivity contribution in [2.24, 2.45) is 17.8 Å². The summed E-state index contributed by atoms with van der Waals surface area (Å²) in [5.41, 5.74) is 5.52. The fraction of sp³-hybridized carbons (Fsp3) is 0.483. The summed E-state index contributed by atoms with van der Waals surface area (Å²) in [6.07, 6.45) is 5.61. The van der Waals surface area contributed by atoms with E-state index < -0.39 is 11.7 Å². The number of hydrogen-bond donors (Lipinski definition) is 1. The second kappa shape index (κ2) is 10.4. The number of alkyl halides is 3. The molecule has 0 radical (unpaired) electrons. The molecular weight excluding hydrogens is 433 g/mol. The monoisotopic (exact) mass is 468 g/mol. The van der Waals surface area contributed by atoms with Gasteiger partial charge in [0, 0.05) is 34.8 Å². The minimum atomic E-state index is -4.26. The third-order valence-corrected chi connectivity index (χ3v) is 7.69. The highest BCUT2D eigenvalue weighted by atomic mass is 19.4. The Labute approximate surface area is 201 Å². The predicted molar refractivity (Wildman–Crippen MR) is 133 cm³/mol. The summed E-state index contributed by atoms with van der Waals surface area (Å²) in [4.78, 5) is 4.37. The molecule has 1 aromatic heterocycles. The molecule has 2 aliphatic rings. The Kier molecular flexibility index (Phi) is 7.49. The molecule has 1 heterocycles. The summed E-state index contributed by atoms with van der Waals surface area (Å²) in [6, 6.07) is 10.3. The van der Waals surface area contributed by atoms with Crippen LogP contribution in [0.25, 0.3) is 6.08 Å². The zero-order valence-corrected chi connectivity index (χ0v) is 20.2. The Morgan fingerprint density at radius 1 is 1.09 bits per heavy atom. The number of aromatic nitrogens is 1. The zero-order chi connectivity index (χ0) is 24.3. The number of fused-ring (bicyclic) bond motifs is 1. The molecule has 2 aromatic rings. The van der Waals surface area contributed by atoms with Crippen molar-refractivity contribution in [2.45, 2.75) is 71.4 Å². The normalized spacial score (nSPS) is 21.4. The Morgan fingerprint density at radius 3 is 2.44 bits per heavy atom. The second-order valence-electron chi connectivity index (χ2n) is 10.0. The maximum absolute atomic E-state index is 13.3. The van der Waals surface area contributed by atoms with Crippen LogP contribution in [0.5, 0.6) is 0 Å². The summed E-state index contributed by atoms with van der Waals surface area (Å²) in [5, 5.41) is 3.52. The summed E-state index contributed by atoms with van der Waals surface area (Å²) in [5.74, 6) is 1.52. The van der Waals surface area contributed by atoms with Crippen LogP contribution in [0.15, 0.2) is 54.4 Å². The highest BCUT2D eigenvalue weighted by Crippen LogP contribution is 2.40. The number of nitrogens with one attached hydrogen (secondary N) is 1. The lowest BCUT2D eigenvalue weighted by atomic mass is 9.72. The van der Waals surface area contributed by atoms with Crippen LogP contribution >= 0.6 is 0 Å². The first-order valence-corrected chi connectivity index (χ1v) is 12.5. The number of benzene rings is 1. The Balaban J connectivity index is 1.38. The molecule has 0 saturated heterocycles. The fourth-order valence-corrected chi connectivity index (χ4v) is 5.72. The molecule has 1 atom stereocenters. The van der Waals surface area contributed by atoms with Crippen LogP contribution in [0.3, 0.4) is 0 Å². The molecule has 5 heteroatoms. The number of nitrogens with zero attached hydrogens (tertiary/aromatic N) is 1. The maximum Gasteiger partial charge on any atom is 0.412 e. The van der Waals surface area contributed by atoms with Gasteiger partial charge in [0.2, 0.25) is 0 Å². The van der Waals surface area contributed by atoms with E-state index in [9.17, 15) is 13.2 Å². The van der Waals surface area contributed by atoms with Gasteiger partial charge in [0.25, 0.3) is 0 Å². The number of hydrogen-bond acceptors (Lipinski definition) is 2. The topological polar surface area (TPSA) is 24.9 Å². The van der Waals surface area contributed by atoms with Crippen molar-refractivity contribution < 1.29 is 13.2 Å². The van der Waals surface area contributed by atoms with Gasteiger partial charge in [-0.3, -0.25) is 4.98 Å². The smallest absolute Gasteiger partial charge is 0.359 e. The third kappa shape index (κ3) is 5.73. The largest absolute Gasteiger partial charge is 0.412 e. The van der Waals surface area contributed by atoms with Crippen LogP contribution in [0.1, 0.15) is 67.8 Å². The molecule has 0 bridgehead atoms. The molecule has 1 fully saturated rings. The Bertz CT molecular complexity index is 1030. The molecule has 4 rings (SSSR count). The lowest BCUT2D eigenvalue weighted by Gasteiger charge is -2.35. The second-order valence-corrected chi connectivity index (χ2v) is 10.0. The van der Waals surface area contributed by atoms with E-state index in [0.717, 1.165) is 61.2 Å². The van der Waals surface area contributed by atoms with Gasteiger partial charge >= 0.3 is 6.18 Å². The third-order valence-electron chi connectivity index (χ3n) is 7.69. The van der Waals surface area contributed by atoms with Gasteiger partial charge in [0.05, 0.1) is 0 Å². The van der Waals surface area contributed by atoms with E-state index in [-0.39, 0.29) is 6.42 Å². The first-order valence-electron chi connectivity index (χ1n) is 12.5. The molecule has 0 spiro atoms. The minimum absolute atomic E-state index is 0.0248. The quantitative estimate of drug-likeness (QED) is 0.442. The SMILES string of the molecule is C=C(Nc1ccc(C)cc1)C(CC)C1CCC(Cc2ccnc3c2C=C(C(F)(F)F)CC3)CC1. The Morgan fingerprint density at radius 2 is 1.79 bits per heavy atom. The van der Waals surface area contributed by atoms with Gasteiger partial charge in [-0.25, -0.2) is 0 Å². The number of halogens is 3. The average molecular weight is 469 g/mol. The molecule has 0 amide bonds. The van der Waals surface area contributed by atoms with Gasteiger partial charge in [-0.1, -0.05) is 31.2 Å². The molecule has 2 aliphatic carbocycles. The predicted octanol–water partition coefficient (Wildman–Crippen LogP) is 8.28. The molecule has 1 N–H and O–H groups in total. The van der Waals surface area contributed by atoms with E-state index in [1.54, 1.807) is 6.20 Å². The average Bonchev–Trinajstić information content (AvgIpc) is 2.81. The highest BCUT2D eigenvalue weighted by Gasteiger charge is 2.35. The molecule has 34 heavy (non-hydrogen) atoms. The van der Waals surface area contributed by atoms with Crippen molar-refractivity contribution in [1.29, 1.82) is 0 Å². The van der Waals surface area contributed by atoms with Crippen molar-refractivity contribution in [2.75, 3.05) is 5.32 Å². The van der Waals surface area contributed by atoms with E-state index in [1.165, 1.54) is 11.6 Å². The van der Waals surface area contributed by atoms with Crippen molar-refractivity contribution in [3.63, 3.8) is 0 Å². The Hall–Kier alpha value is -2.56. The summed E-state index contributed by atoms with van der Waals surface area (Å²) in [7, 11) is 0. The van der Waals surface area contributed by atoms with E-state index >= 15 is 0 Å². The number of rotatable bonds is 7. The summed E-state index contributed by atoms with van der Waals surface area (Å²) < 4.78 is 39.9. The zero-order valence-electron chi connectivity index (χ0n) is 20.2. The van der Waals surface area contributed by atoms with Gasteiger partial charge in [-0.2, -0.15) is 13.2 Å². The van der Waals surface area contributed by atoms with Gasteiger partial charge in [0.15, 0.2) is 0 Å². The van der Waals surface area contributed by atoms with Gasteiger partial charge in [0.1, 0.15) is 0 Å². The van der Waals surface area contributed by atoms with E-state index in [0.29, 0.717) is 29.7 Å². The molecule has 1 aromatic carbocycles. The molecule has 1 unspecified atom stereocenters. The van der Waals surface area contributed by atoms with Crippen LogP contribution in [0.4, 0.5) is 18.9 Å². The van der Waals surface area contributed by atoms with Crippen LogP contribution in [0.2, 0.25) is 0 Å². The van der Waals surface area contributed by atoms with Crippen LogP contribution in [0, 0.1) is 24.7 Å². The lowest BCUT2D eigenvalue weighted by Crippen LogP contribution is -2.26. The van der Waals surface area contributed by atoms with Gasteiger partial charge < -0.3 is 5.32 Å². The number of allylic oxidation sites excluding steroid dienone is 2. The molecule has 1 saturated carbocycles. The number of anilines is 1. The molecule has 2 nitrogen and oxygen atoms in total. The first kappa shape index (κ1) is 24.6. The van der Waals surface area contributed by atoms with Gasteiger partial charge in [-0.15, -0.1) is 0 Å². The van der Waals surface area contributed by atoms with Gasteiger partial charge in [-0.05, 0) is 106 Å². The van der Waals surface area contributed by atoms with Crippen LogP contribution < -0.4 is 5.32 Å². The standard InChI is InChI=1S/C29H35F3N2/c1-4-26(20(3)34-25-12-5-19(2)6-13-25)22-9-7-21(8-10-22)17-23-15-16-33-28-14-11-24(18-27(23)28)29(30,31)32/h5-6,12-13,15-16,18,21-22,26,34H,3-4,7-11,14,17H2,1-2H3. The highest BCUT2D eigenvalue weighted by molar-refractivity contribution is 5.62. The van der Waals surface area contributed by atoms with Crippen molar-refractivity contribution in [1.82, 2.24) is 4.98 Å². The van der Waals surface area contributed by atoms with Crippen molar-refractivity contribution in [3.8, 4) is 0 Å². The number of pyridine rings is 1. The molecular formula is C29H35F3N2. The van der Waals surface area contributed by atoms with E-state index in [4.69, 9.17) is 0 Å². The summed E-state index contributed by atoms with van der Waals surface area (Å²) in [6.45, 7) is 8.68. The number of aryl methyl sites for hydroxylation is 2. The first-order chi connectivity index (χ1) is 16.2. The van der Waals surface area contributed by atoms with Crippen molar-refractivity contribution in [3.05, 3.63) is 76.8 Å². The van der Waals surface area contributed by atoms with Crippen LogP contribution in [-0.2, 0) is 12.8 Å². The van der Waals surface area contributed by atoms with E-state index in [1.807, 2.05) is 6.07 Å². The van der Waals surface area contributed by atoms with Crippen LogP contribution in [-0.4, -0.2) is 11.2 Å². The summed E-state index contributed by atoms with van der Waals surface area (Å²) >= 11 is 0. The van der Waals surface area contributed by atoms with Crippen molar-refractivity contribution >= 4 is 11.8 Å².